The summed E-state index contributed by atoms with van der Waals surface area (Å²) < 4.78 is 4.92. The van der Waals surface area contributed by atoms with E-state index in [9.17, 15) is 0 Å². The van der Waals surface area contributed by atoms with E-state index in [4.69, 9.17) is 10.1 Å². The summed E-state index contributed by atoms with van der Waals surface area (Å²) in [7, 11) is 1.59. The standard InChI is InChI=1S/C8H10N2O/c1-6(9)8-4-3-7(11-2)5-10-8/h3-5,9H,1-2H3. The van der Waals surface area contributed by atoms with Gasteiger partial charge in [-0.25, -0.2) is 0 Å². The quantitative estimate of drug-likeness (QED) is 0.649. The van der Waals surface area contributed by atoms with Gasteiger partial charge in [0.05, 0.1) is 24.7 Å². The Bertz CT molecular complexity index is 253. The molecule has 0 radical (unpaired) electrons. The Balaban J connectivity index is 2.91. The number of nitrogens with zero attached hydrogens (tertiary/aromatic N) is 1. The zero-order chi connectivity index (χ0) is 8.27. The predicted octanol–water partition coefficient (Wildman–Crippen LogP) is 1.48. The lowest BCUT2D eigenvalue weighted by atomic mass is 10.2. The maximum atomic E-state index is 7.26. The first-order chi connectivity index (χ1) is 5.24. The van der Waals surface area contributed by atoms with Crippen molar-refractivity contribution in [1.29, 1.82) is 5.41 Å². The van der Waals surface area contributed by atoms with Gasteiger partial charge in [0.1, 0.15) is 5.75 Å². The maximum Gasteiger partial charge on any atom is 0.137 e. The molecular weight excluding hydrogens is 140 g/mol. The van der Waals surface area contributed by atoms with E-state index in [1.807, 2.05) is 0 Å². The molecule has 3 nitrogen and oxygen atoms in total. The molecule has 1 heterocycles. The van der Waals surface area contributed by atoms with E-state index in [2.05, 4.69) is 4.98 Å². The number of nitrogens with one attached hydrogen (secondary N) is 1. The van der Waals surface area contributed by atoms with Crippen LogP contribution in [0.5, 0.6) is 5.75 Å². The summed E-state index contributed by atoms with van der Waals surface area (Å²) in [5.41, 5.74) is 1.15. The van der Waals surface area contributed by atoms with E-state index in [-0.39, 0.29) is 0 Å². The molecule has 0 aliphatic carbocycles. The summed E-state index contributed by atoms with van der Waals surface area (Å²) in [6.07, 6.45) is 1.60. The fraction of sp³-hybridized carbons (Fsp3) is 0.250. The number of hydrogen-bond donors (Lipinski definition) is 1. The van der Waals surface area contributed by atoms with Crippen LogP contribution < -0.4 is 4.74 Å². The van der Waals surface area contributed by atoms with Crippen LogP contribution in [0.2, 0.25) is 0 Å². The van der Waals surface area contributed by atoms with Gasteiger partial charge in [-0.2, -0.15) is 0 Å². The fourth-order valence-corrected chi connectivity index (χ4v) is 0.723. The summed E-state index contributed by atoms with van der Waals surface area (Å²) >= 11 is 0. The molecule has 0 aromatic carbocycles. The van der Waals surface area contributed by atoms with E-state index >= 15 is 0 Å². The first-order valence-corrected chi connectivity index (χ1v) is 3.29. The molecule has 0 aliphatic rings. The smallest absolute Gasteiger partial charge is 0.137 e. The molecule has 0 unspecified atom stereocenters. The summed E-state index contributed by atoms with van der Waals surface area (Å²) in [6.45, 7) is 1.70. The predicted molar refractivity (Wildman–Crippen MR) is 43.3 cm³/mol. The van der Waals surface area contributed by atoms with Gasteiger partial charge in [0.15, 0.2) is 0 Å². The zero-order valence-corrected chi connectivity index (χ0v) is 6.59. The van der Waals surface area contributed by atoms with Crippen molar-refractivity contribution in [2.75, 3.05) is 7.11 Å². The molecule has 1 aromatic rings. The van der Waals surface area contributed by atoms with E-state index in [0.29, 0.717) is 11.4 Å². The molecule has 0 saturated heterocycles. The van der Waals surface area contributed by atoms with Crippen LogP contribution >= 0.6 is 0 Å². The SMILES string of the molecule is COc1ccc(C(C)=N)nc1. The summed E-state index contributed by atoms with van der Waals surface area (Å²) in [6, 6.07) is 3.56. The third kappa shape index (κ3) is 1.77. The van der Waals surface area contributed by atoms with Crippen LogP contribution in [-0.2, 0) is 0 Å². The molecular formula is C8H10N2O. The van der Waals surface area contributed by atoms with Gasteiger partial charge in [0, 0.05) is 0 Å². The molecule has 0 amide bonds. The molecule has 0 aliphatic heterocycles. The first-order valence-electron chi connectivity index (χ1n) is 3.29. The Kier molecular flexibility index (Phi) is 2.21. The lowest BCUT2D eigenvalue weighted by molar-refractivity contribution is 0.413. The second-order valence-electron chi connectivity index (χ2n) is 2.21. The van der Waals surface area contributed by atoms with Crippen molar-refractivity contribution in [3.05, 3.63) is 24.0 Å². The molecule has 0 saturated carbocycles. The lowest BCUT2D eigenvalue weighted by Crippen LogP contribution is -1.95. The second-order valence-corrected chi connectivity index (χ2v) is 2.21. The van der Waals surface area contributed by atoms with Gasteiger partial charge < -0.3 is 10.1 Å². The monoisotopic (exact) mass is 150 g/mol. The van der Waals surface area contributed by atoms with Crippen LogP contribution in [0.3, 0.4) is 0 Å². The molecule has 0 atom stereocenters. The van der Waals surface area contributed by atoms with Gasteiger partial charge in [-0.15, -0.1) is 0 Å². The third-order valence-electron chi connectivity index (χ3n) is 1.36. The molecule has 11 heavy (non-hydrogen) atoms. The maximum absolute atomic E-state index is 7.26. The van der Waals surface area contributed by atoms with Crippen molar-refractivity contribution in [2.24, 2.45) is 0 Å². The topological polar surface area (TPSA) is 46.0 Å². The minimum Gasteiger partial charge on any atom is -0.495 e. The van der Waals surface area contributed by atoms with E-state index in [0.717, 1.165) is 5.75 Å². The Hall–Kier alpha value is -1.38. The van der Waals surface area contributed by atoms with Gasteiger partial charge in [-0.1, -0.05) is 0 Å². The highest BCUT2D eigenvalue weighted by molar-refractivity contribution is 5.94. The molecule has 1 aromatic heterocycles. The molecule has 58 valence electrons. The number of ether oxygens (including phenoxy) is 1. The number of methoxy groups -OCH3 is 1. The van der Waals surface area contributed by atoms with E-state index < -0.39 is 0 Å². The van der Waals surface area contributed by atoms with Gasteiger partial charge in [0.25, 0.3) is 0 Å². The summed E-state index contributed by atoms with van der Waals surface area (Å²) in [5.74, 6) is 0.718. The minimum absolute atomic E-state index is 0.465. The summed E-state index contributed by atoms with van der Waals surface area (Å²) in [4.78, 5) is 4.00. The van der Waals surface area contributed by atoms with Gasteiger partial charge in [-0.05, 0) is 19.1 Å². The third-order valence-corrected chi connectivity index (χ3v) is 1.36. The van der Waals surface area contributed by atoms with Crippen LogP contribution in [0.25, 0.3) is 0 Å². The van der Waals surface area contributed by atoms with Crippen molar-refractivity contribution in [3.8, 4) is 5.75 Å². The van der Waals surface area contributed by atoms with Gasteiger partial charge in [0.2, 0.25) is 0 Å². The Morgan fingerprint density at radius 1 is 1.55 bits per heavy atom. The molecule has 1 N–H and O–H groups in total. The molecule has 0 fully saturated rings. The zero-order valence-electron chi connectivity index (χ0n) is 6.59. The highest BCUT2D eigenvalue weighted by Crippen LogP contribution is 2.07. The number of rotatable bonds is 2. The average molecular weight is 150 g/mol. The van der Waals surface area contributed by atoms with Gasteiger partial charge in [-0.3, -0.25) is 4.98 Å². The Morgan fingerprint density at radius 2 is 2.27 bits per heavy atom. The number of pyridine rings is 1. The van der Waals surface area contributed by atoms with Gasteiger partial charge >= 0.3 is 0 Å². The first kappa shape index (κ1) is 7.72. The normalized spacial score (nSPS) is 9.27. The Labute approximate surface area is 65.5 Å². The van der Waals surface area contributed by atoms with Crippen molar-refractivity contribution < 1.29 is 4.74 Å². The molecule has 0 spiro atoms. The van der Waals surface area contributed by atoms with E-state index in [1.165, 1.54) is 0 Å². The number of aromatic nitrogens is 1. The summed E-state index contributed by atoms with van der Waals surface area (Å²) in [5, 5.41) is 7.26. The second kappa shape index (κ2) is 3.14. The van der Waals surface area contributed by atoms with Crippen LogP contribution in [0.4, 0.5) is 0 Å². The molecule has 0 bridgehead atoms. The number of hydrogen-bond acceptors (Lipinski definition) is 3. The van der Waals surface area contributed by atoms with Crippen LogP contribution in [0.1, 0.15) is 12.6 Å². The molecule has 3 heteroatoms. The fourth-order valence-electron chi connectivity index (χ4n) is 0.723. The van der Waals surface area contributed by atoms with Crippen molar-refractivity contribution >= 4 is 5.71 Å². The highest BCUT2D eigenvalue weighted by Gasteiger charge is 1.95. The van der Waals surface area contributed by atoms with E-state index in [1.54, 1.807) is 32.4 Å². The minimum atomic E-state index is 0.465. The van der Waals surface area contributed by atoms with Crippen molar-refractivity contribution in [3.63, 3.8) is 0 Å². The van der Waals surface area contributed by atoms with Crippen molar-refractivity contribution in [1.82, 2.24) is 4.98 Å². The van der Waals surface area contributed by atoms with Crippen LogP contribution in [0, 0.1) is 5.41 Å². The largest absolute Gasteiger partial charge is 0.495 e. The highest BCUT2D eigenvalue weighted by atomic mass is 16.5. The Morgan fingerprint density at radius 3 is 2.64 bits per heavy atom. The molecule has 1 rings (SSSR count). The van der Waals surface area contributed by atoms with Crippen LogP contribution in [-0.4, -0.2) is 17.8 Å². The van der Waals surface area contributed by atoms with Crippen molar-refractivity contribution in [2.45, 2.75) is 6.92 Å². The van der Waals surface area contributed by atoms with Crippen LogP contribution in [0.15, 0.2) is 18.3 Å². The average Bonchev–Trinajstić information content (AvgIpc) is 2.05. The lowest BCUT2D eigenvalue weighted by Gasteiger charge is -1.99.